The molecule has 0 aliphatic heterocycles. The van der Waals surface area contributed by atoms with E-state index in [2.05, 4.69) is 9.78 Å². The van der Waals surface area contributed by atoms with Crippen molar-refractivity contribution in [3.63, 3.8) is 0 Å². The highest BCUT2D eigenvalue weighted by Gasteiger charge is 2.09. The van der Waals surface area contributed by atoms with Crippen LogP contribution in [-0.4, -0.2) is 44.2 Å². The van der Waals surface area contributed by atoms with Crippen LogP contribution in [0.5, 0.6) is 0 Å². The van der Waals surface area contributed by atoms with Crippen molar-refractivity contribution in [2.75, 3.05) is 20.8 Å². The Bertz CT molecular complexity index is 225. The van der Waals surface area contributed by atoms with E-state index in [4.69, 9.17) is 14.6 Å². The standard InChI is InChI=1S/C10H18O7/c1-14-10(15-2)7-16-17-9(13)6-4-3-5-8(11)12/h10H,3-7H2,1-2H3,(H,11,12). The zero-order valence-electron chi connectivity index (χ0n) is 10.0. The molecule has 7 nitrogen and oxygen atoms in total. The second kappa shape index (κ2) is 10.0. The molecule has 0 fully saturated rings. The molecule has 0 aliphatic rings. The number of hydrogen-bond donors (Lipinski definition) is 1. The molecule has 0 spiro atoms. The average molecular weight is 250 g/mol. The van der Waals surface area contributed by atoms with Crippen LogP contribution >= 0.6 is 0 Å². The summed E-state index contributed by atoms with van der Waals surface area (Å²) in [5.74, 6) is -1.42. The zero-order chi connectivity index (χ0) is 13.1. The van der Waals surface area contributed by atoms with E-state index in [9.17, 15) is 9.59 Å². The van der Waals surface area contributed by atoms with Crippen LogP contribution in [0.3, 0.4) is 0 Å². The number of carboxylic acids is 1. The number of methoxy groups -OCH3 is 2. The molecule has 0 radical (unpaired) electrons. The highest BCUT2D eigenvalue weighted by atomic mass is 17.2. The van der Waals surface area contributed by atoms with Crippen molar-refractivity contribution in [2.45, 2.75) is 32.0 Å². The van der Waals surface area contributed by atoms with E-state index >= 15 is 0 Å². The maximum atomic E-state index is 11.1. The van der Waals surface area contributed by atoms with Crippen molar-refractivity contribution in [1.82, 2.24) is 0 Å². The molecular formula is C10H18O7. The predicted molar refractivity (Wildman–Crippen MR) is 56.0 cm³/mol. The summed E-state index contributed by atoms with van der Waals surface area (Å²) in [5.41, 5.74) is 0. The summed E-state index contributed by atoms with van der Waals surface area (Å²) in [6.45, 7) is -0.0200. The van der Waals surface area contributed by atoms with Gasteiger partial charge in [-0.2, -0.15) is 4.89 Å². The van der Waals surface area contributed by atoms with Crippen LogP contribution in [0.1, 0.15) is 25.7 Å². The van der Waals surface area contributed by atoms with Gasteiger partial charge in [0.05, 0.1) is 0 Å². The molecule has 0 aromatic rings. The summed E-state index contributed by atoms with van der Waals surface area (Å²) in [7, 11) is 2.87. The Morgan fingerprint density at radius 3 is 2.24 bits per heavy atom. The van der Waals surface area contributed by atoms with Crippen molar-refractivity contribution in [1.29, 1.82) is 0 Å². The molecule has 0 saturated heterocycles. The first-order chi connectivity index (χ1) is 8.10. The first-order valence-electron chi connectivity index (χ1n) is 5.19. The van der Waals surface area contributed by atoms with E-state index < -0.39 is 18.2 Å². The Morgan fingerprint density at radius 2 is 1.71 bits per heavy atom. The lowest BCUT2D eigenvalue weighted by molar-refractivity contribution is -0.301. The van der Waals surface area contributed by atoms with Gasteiger partial charge in [-0.05, 0) is 12.8 Å². The second-order valence-corrected chi connectivity index (χ2v) is 3.24. The van der Waals surface area contributed by atoms with Crippen LogP contribution in [-0.2, 0) is 28.8 Å². The number of carboxylic acid groups (broad SMARTS) is 1. The molecule has 100 valence electrons. The first-order valence-corrected chi connectivity index (χ1v) is 5.19. The lowest BCUT2D eigenvalue weighted by Crippen LogP contribution is -2.21. The van der Waals surface area contributed by atoms with Crippen LogP contribution in [0.4, 0.5) is 0 Å². The van der Waals surface area contributed by atoms with Crippen LogP contribution in [0.2, 0.25) is 0 Å². The molecule has 0 aromatic heterocycles. The lowest BCUT2D eigenvalue weighted by Gasteiger charge is -2.11. The third-order valence-corrected chi connectivity index (χ3v) is 1.90. The summed E-state index contributed by atoms with van der Waals surface area (Å²) in [5, 5.41) is 8.37. The molecule has 0 aromatic carbocycles. The Morgan fingerprint density at radius 1 is 1.12 bits per heavy atom. The Balaban J connectivity index is 3.43. The highest BCUT2D eigenvalue weighted by Crippen LogP contribution is 2.02. The highest BCUT2D eigenvalue weighted by molar-refractivity contribution is 5.69. The second-order valence-electron chi connectivity index (χ2n) is 3.24. The predicted octanol–water partition coefficient (Wildman–Crippen LogP) is 0.725. The summed E-state index contributed by atoms with van der Waals surface area (Å²) in [6, 6.07) is 0. The normalized spacial score (nSPS) is 10.5. The van der Waals surface area contributed by atoms with Crippen LogP contribution < -0.4 is 0 Å². The van der Waals surface area contributed by atoms with E-state index in [1.165, 1.54) is 14.2 Å². The average Bonchev–Trinajstić information content (AvgIpc) is 2.30. The van der Waals surface area contributed by atoms with Crippen LogP contribution in [0, 0.1) is 0 Å². The van der Waals surface area contributed by atoms with E-state index in [0.717, 1.165) is 0 Å². The van der Waals surface area contributed by atoms with E-state index in [1.807, 2.05) is 0 Å². The summed E-state index contributed by atoms with van der Waals surface area (Å²) >= 11 is 0. The lowest BCUT2D eigenvalue weighted by atomic mass is 10.2. The SMILES string of the molecule is COC(COOC(=O)CCCCC(=O)O)OC. The maximum absolute atomic E-state index is 11.1. The maximum Gasteiger partial charge on any atom is 0.342 e. The Kier molecular flexibility index (Phi) is 9.31. The van der Waals surface area contributed by atoms with Crippen molar-refractivity contribution >= 4 is 11.9 Å². The van der Waals surface area contributed by atoms with Gasteiger partial charge < -0.3 is 14.6 Å². The molecule has 0 saturated carbocycles. The molecular weight excluding hydrogens is 232 g/mol. The fourth-order valence-electron chi connectivity index (χ4n) is 0.975. The van der Waals surface area contributed by atoms with Gasteiger partial charge in [0, 0.05) is 27.1 Å². The van der Waals surface area contributed by atoms with Gasteiger partial charge in [-0.15, -0.1) is 0 Å². The molecule has 0 aliphatic carbocycles. The number of ether oxygens (including phenoxy) is 2. The molecule has 0 heterocycles. The number of aliphatic carboxylic acids is 1. The van der Waals surface area contributed by atoms with Crippen LogP contribution in [0.15, 0.2) is 0 Å². The molecule has 7 heteroatoms. The summed E-state index contributed by atoms with van der Waals surface area (Å²) in [4.78, 5) is 30.3. The number of rotatable bonds is 10. The van der Waals surface area contributed by atoms with Crippen molar-refractivity contribution in [3.05, 3.63) is 0 Å². The topological polar surface area (TPSA) is 91.3 Å². The van der Waals surface area contributed by atoms with Crippen LogP contribution in [0.25, 0.3) is 0 Å². The van der Waals surface area contributed by atoms with Crippen molar-refractivity contribution in [3.8, 4) is 0 Å². The number of carbonyl (C=O) groups is 2. The van der Waals surface area contributed by atoms with Gasteiger partial charge in [0.1, 0.15) is 6.61 Å². The quantitative estimate of drug-likeness (QED) is 0.264. The first kappa shape index (κ1) is 15.8. The minimum atomic E-state index is -0.877. The molecule has 1 N–H and O–H groups in total. The largest absolute Gasteiger partial charge is 0.481 e. The molecule has 17 heavy (non-hydrogen) atoms. The Labute approximate surface area is 99.5 Å². The molecule has 0 atom stereocenters. The zero-order valence-corrected chi connectivity index (χ0v) is 10.0. The molecule has 0 bridgehead atoms. The summed E-state index contributed by atoms with van der Waals surface area (Å²) in [6.07, 6.45) is 0.465. The van der Waals surface area contributed by atoms with Gasteiger partial charge in [0.15, 0.2) is 6.29 Å². The smallest absolute Gasteiger partial charge is 0.342 e. The Hall–Kier alpha value is -1.18. The molecule has 0 amide bonds. The van der Waals surface area contributed by atoms with E-state index in [0.29, 0.717) is 12.8 Å². The van der Waals surface area contributed by atoms with E-state index in [-0.39, 0.29) is 19.4 Å². The van der Waals surface area contributed by atoms with Gasteiger partial charge in [0.2, 0.25) is 0 Å². The fraction of sp³-hybridized carbons (Fsp3) is 0.800. The molecule has 0 unspecified atom stereocenters. The van der Waals surface area contributed by atoms with Crippen molar-refractivity contribution in [2.24, 2.45) is 0 Å². The van der Waals surface area contributed by atoms with Gasteiger partial charge >= 0.3 is 11.9 Å². The summed E-state index contributed by atoms with van der Waals surface area (Å²) < 4.78 is 9.60. The fourth-order valence-corrected chi connectivity index (χ4v) is 0.975. The molecule has 0 rings (SSSR count). The minimum absolute atomic E-state index is 0.0200. The van der Waals surface area contributed by atoms with Gasteiger partial charge in [-0.3, -0.25) is 9.68 Å². The van der Waals surface area contributed by atoms with Gasteiger partial charge in [-0.25, -0.2) is 4.79 Å². The number of carbonyl (C=O) groups excluding carboxylic acids is 1. The van der Waals surface area contributed by atoms with E-state index in [1.54, 1.807) is 0 Å². The van der Waals surface area contributed by atoms with Gasteiger partial charge in [0.25, 0.3) is 0 Å². The third kappa shape index (κ3) is 9.73. The van der Waals surface area contributed by atoms with Crippen molar-refractivity contribution < 1.29 is 33.9 Å². The minimum Gasteiger partial charge on any atom is -0.481 e. The third-order valence-electron chi connectivity index (χ3n) is 1.90. The monoisotopic (exact) mass is 250 g/mol. The number of hydrogen-bond acceptors (Lipinski definition) is 6. The number of unbranched alkanes of at least 4 members (excludes halogenated alkanes) is 1. The van der Waals surface area contributed by atoms with Gasteiger partial charge in [-0.1, -0.05) is 0 Å².